The Labute approximate surface area is 148 Å². The molecule has 0 amide bonds. The molecule has 0 atom stereocenters. The van der Waals surface area contributed by atoms with Gasteiger partial charge in [-0.2, -0.15) is 25.3 Å². The zero-order chi connectivity index (χ0) is 20.7. The van der Waals surface area contributed by atoms with Gasteiger partial charge >= 0.3 is 10.4 Å². The lowest BCUT2D eigenvalue weighted by Gasteiger charge is -1.86. The Balaban J connectivity index is -0.000000260. The Hall–Kier alpha value is -1.10. The van der Waals surface area contributed by atoms with E-state index in [1.807, 2.05) is 17.8 Å². The molecule has 1 rings (SSSR count). The van der Waals surface area contributed by atoms with E-state index in [1.54, 1.807) is 26.4 Å². The van der Waals surface area contributed by atoms with Crippen molar-refractivity contribution < 1.29 is 43.5 Å². The Morgan fingerprint density at radius 2 is 1.16 bits per heavy atom. The largest absolute Gasteiger partial charge is 0.394 e. The van der Waals surface area contributed by atoms with Gasteiger partial charge in [-0.3, -0.25) is 18.2 Å². The molecule has 0 aliphatic heterocycles. The SMILES string of the molecule is CCCS(=O)(=O)O.CCCS(=O)(=O)O.Cn1ccnc1.O=S(=O)(O)O. The summed E-state index contributed by atoms with van der Waals surface area (Å²) < 4.78 is 88.6. The molecule has 0 bridgehead atoms. The van der Waals surface area contributed by atoms with Crippen LogP contribution in [0, 0.1) is 0 Å². The van der Waals surface area contributed by atoms with Crippen molar-refractivity contribution in [2.45, 2.75) is 26.7 Å². The van der Waals surface area contributed by atoms with Crippen LogP contribution in [-0.4, -0.2) is 64.5 Å². The van der Waals surface area contributed by atoms with Crippen molar-refractivity contribution >= 4 is 30.6 Å². The summed E-state index contributed by atoms with van der Waals surface area (Å²) in [6, 6.07) is 0. The molecule has 0 radical (unpaired) electrons. The van der Waals surface area contributed by atoms with Crippen LogP contribution in [-0.2, 0) is 37.7 Å². The molecule has 0 fully saturated rings. The number of nitrogens with zero attached hydrogens (tertiary/aromatic N) is 2. The minimum absolute atomic E-state index is 0.132. The van der Waals surface area contributed by atoms with Crippen LogP contribution in [0.1, 0.15) is 26.7 Å². The molecule has 1 heterocycles. The zero-order valence-electron chi connectivity index (χ0n) is 13.9. The van der Waals surface area contributed by atoms with Crippen molar-refractivity contribution in [3.05, 3.63) is 18.7 Å². The fraction of sp³-hybridized carbons (Fsp3) is 0.700. The second-order valence-corrected chi connectivity index (χ2v) is 8.29. The van der Waals surface area contributed by atoms with Crippen LogP contribution in [0.5, 0.6) is 0 Å². The highest BCUT2D eigenvalue weighted by Gasteiger charge is 1.98. The molecule has 0 aliphatic rings. The maximum absolute atomic E-state index is 9.79. The van der Waals surface area contributed by atoms with Crippen LogP contribution < -0.4 is 0 Å². The van der Waals surface area contributed by atoms with Crippen LogP contribution in [0.3, 0.4) is 0 Å². The van der Waals surface area contributed by atoms with Gasteiger partial charge in [0, 0.05) is 19.4 Å². The molecule has 4 N–H and O–H groups in total. The number of imidazole rings is 1. The van der Waals surface area contributed by atoms with Crippen molar-refractivity contribution in [2.75, 3.05) is 11.5 Å². The zero-order valence-corrected chi connectivity index (χ0v) is 16.4. The molecular weight excluding hydrogens is 404 g/mol. The van der Waals surface area contributed by atoms with E-state index >= 15 is 0 Å². The molecule has 25 heavy (non-hydrogen) atoms. The van der Waals surface area contributed by atoms with Crippen LogP contribution in [0.15, 0.2) is 18.7 Å². The summed E-state index contributed by atoms with van der Waals surface area (Å²) in [6.45, 7) is 3.38. The van der Waals surface area contributed by atoms with E-state index < -0.39 is 30.6 Å². The third kappa shape index (κ3) is 51.8. The van der Waals surface area contributed by atoms with Gasteiger partial charge in [0.05, 0.1) is 17.8 Å². The summed E-state index contributed by atoms with van der Waals surface area (Å²) in [6.07, 6.45) is 6.33. The first kappa shape index (κ1) is 28.7. The second-order valence-electron chi connectivity index (χ2n) is 4.25. The van der Waals surface area contributed by atoms with Gasteiger partial charge in [0.25, 0.3) is 20.2 Å². The smallest absolute Gasteiger partial charge is 0.341 e. The van der Waals surface area contributed by atoms with Gasteiger partial charge in [-0.05, 0) is 12.8 Å². The van der Waals surface area contributed by atoms with Gasteiger partial charge < -0.3 is 4.57 Å². The van der Waals surface area contributed by atoms with Gasteiger partial charge in [0.2, 0.25) is 0 Å². The first-order valence-electron chi connectivity index (χ1n) is 6.54. The Kier molecular flexibility index (Phi) is 16.2. The number of aromatic nitrogens is 2. The molecule has 15 heteroatoms. The minimum atomic E-state index is -4.67. The second kappa shape index (κ2) is 14.1. The minimum Gasteiger partial charge on any atom is -0.341 e. The molecule has 1 aromatic rings. The predicted molar refractivity (Wildman–Crippen MR) is 90.8 cm³/mol. The highest BCUT2D eigenvalue weighted by atomic mass is 32.3. The highest BCUT2D eigenvalue weighted by Crippen LogP contribution is 1.84. The molecule has 0 saturated carbocycles. The lowest BCUT2D eigenvalue weighted by Crippen LogP contribution is -2.01. The van der Waals surface area contributed by atoms with Gasteiger partial charge in [0.1, 0.15) is 0 Å². The number of rotatable bonds is 4. The lowest BCUT2D eigenvalue weighted by atomic mass is 10.6. The van der Waals surface area contributed by atoms with Crippen molar-refractivity contribution in [1.82, 2.24) is 9.55 Å². The van der Waals surface area contributed by atoms with Gasteiger partial charge in [-0.15, -0.1) is 0 Å². The molecule has 12 nitrogen and oxygen atoms in total. The van der Waals surface area contributed by atoms with E-state index in [-0.39, 0.29) is 11.5 Å². The Morgan fingerprint density at radius 1 is 0.840 bits per heavy atom. The first-order chi connectivity index (χ1) is 11.0. The number of aryl methyl sites for hydroxylation is 1. The van der Waals surface area contributed by atoms with Crippen LogP contribution >= 0.6 is 0 Å². The van der Waals surface area contributed by atoms with Crippen LogP contribution in [0.4, 0.5) is 0 Å². The van der Waals surface area contributed by atoms with Gasteiger partial charge in [0.15, 0.2) is 0 Å². The summed E-state index contributed by atoms with van der Waals surface area (Å²) >= 11 is 0. The third-order valence-electron chi connectivity index (χ3n) is 1.56. The van der Waals surface area contributed by atoms with Crippen LogP contribution in [0.25, 0.3) is 0 Å². The van der Waals surface area contributed by atoms with Gasteiger partial charge in [-0.25, -0.2) is 4.98 Å². The quantitative estimate of drug-likeness (QED) is 0.481. The molecule has 0 aliphatic carbocycles. The van der Waals surface area contributed by atoms with Crippen molar-refractivity contribution in [2.24, 2.45) is 7.05 Å². The maximum Gasteiger partial charge on any atom is 0.394 e. The third-order valence-corrected chi connectivity index (χ3v) is 3.41. The summed E-state index contributed by atoms with van der Waals surface area (Å²) in [5, 5.41) is 0. The number of hydrogen-bond acceptors (Lipinski definition) is 7. The van der Waals surface area contributed by atoms with Crippen LogP contribution in [0.2, 0.25) is 0 Å². The molecule has 0 unspecified atom stereocenters. The Bertz CT molecular complexity index is 682. The van der Waals surface area contributed by atoms with Gasteiger partial charge in [-0.1, -0.05) is 13.8 Å². The topological polar surface area (TPSA) is 201 Å². The fourth-order valence-electron chi connectivity index (χ4n) is 0.842. The number of hydrogen-bond donors (Lipinski definition) is 4. The van der Waals surface area contributed by atoms with E-state index in [4.69, 9.17) is 26.6 Å². The first-order valence-corrected chi connectivity index (χ1v) is 11.2. The molecule has 0 spiro atoms. The van der Waals surface area contributed by atoms with Crippen molar-refractivity contribution in [3.63, 3.8) is 0 Å². The van der Waals surface area contributed by atoms with Crippen molar-refractivity contribution in [1.29, 1.82) is 0 Å². The summed E-state index contributed by atoms with van der Waals surface area (Å²) in [7, 11) is -10.1. The normalized spacial score (nSPS) is 11.0. The molecular formula is C10H24N2O10S3. The summed E-state index contributed by atoms with van der Waals surface area (Å²) in [4.78, 5) is 3.78. The molecule has 152 valence electrons. The van der Waals surface area contributed by atoms with Crippen molar-refractivity contribution in [3.8, 4) is 0 Å². The van der Waals surface area contributed by atoms with E-state index in [2.05, 4.69) is 4.98 Å². The van der Waals surface area contributed by atoms with E-state index in [0.29, 0.717) is 12.8 Å². The predicted octanol–water partition coefficient (Wildman–Crippen LogP) is 0.336. The maximum atomic E-state index is 9.79. The standard InChI is InChI=1S/C4H6N2.2C3H8O3S.H2O4S/c1-6-3-2-5-4-6;2*1-2-3-7(4,5)6;1-5(2,3)4/h2-4H,1H3;2*2-3H2,1H3,(H,4,5,6);(H2,1,2,3,4). The van der Waals surface area contributed by atoms with E-state index in [0.717, 1.165) is 0 Å². The summed E-state index contributed by atoms with van der Waals surface area (Å²) in [5.74, 6) is -0.264. The Morgan fingerprint density at radius 3 is 1.20 bits per heavy atom. The average Bonchev–Trinajstić information content (AvgIpc) is 2.76. The monoisotopic (exact) mass is 428 g/mol. The highest BCUT2D eigenvalue weighted by molar-refractivity contribution is 7.86. The molecule has 0 aromatic carbocycles. The summed E-state index contributed by atoms with van der Waals surface area (Å²) in [5.41, 5.74) is 0. The van der Waals surface area contributed by atoms with E-state index in [9.17, 15) is 16.8 Å². The lowest BCUT2D eigenvalue weighted by molar-refractivity contribution is 0.380. The fourth-order valence-corrected chi connectivity index (χ4v) is 1.87. The molecule has 0 saturated heterocycles. The molecule has 1 aromatic heterocycles. The average molecular weight is 429 g/mol. The van der Waals surface area contributed by atoms with E-state index in [1.165, 1.54) is 0 Å².